The molecule has 0 spiro atoms. The Labute approximate surface area is 282 Å². The second-order valence-electron chi connectivity index (χ2n) is 12.7. The third-order valence-corrected chi connectivity index (χ3v) is 9.01. The van der Waals surface area contributed by atoms with Crippen molar-refractivity contribution in [2.75, 3.05) is 48.9 Å². The number of fused-ring (bicyclic) bond motifs is 1. The van der Waals surface area contributed by atoms with E-state index in [1.807, 2.05) is 49.3 Å². The van der Waals surface area contributed by atoms with Crippen LogP contribution in [0.15, 0.2) is 72.3 Å². The molecule has 4 aromatic rings. The maximum atomic E-state index is 15.1. The van der Waals surface area contributed by atoms with E-state index in [0.29, 0.717) is 73.5 Å². The molecule has 3 heterocycles. The number of nitrogens with one attached hydrogen (secondary N) is 1. The van der Waals surface area contributed by atoms with Crippen LogP contribution >= 0.6 is 12.1 Å². The van der Waals surface area contributed by atoms with Gasteiger partial charge in [0.15, 0.2) is 11.6 Å². The third-order valence-electron chi connectivity index (χ3n) is 8.10. The third kappa shape index (κ3) is 7.42. The number of halogens is 2. The largest absolute Gasteiger partial charge is 0.454 e. The zero-order valence-corrected chi connectivity index (χ0v) is 27.9. The van der Waals surface area contributed by atoms with Gasteiger partial charge < -0.3 is 24.0 Å². The Morgan fingerprint density at radius 3 is 2.44 bits per heavy atom. The molecule has 0 radical (unpaired) electrons. The molecule has 10 nitrogen and oxygen atoms in total. The van der Waals surface area contributed by atoms with Gasteiger partial charge in [-0.1, -0.05) is 12.7 Å². The summed E-state index contributed by atoms with van der Waals surface area (Å²) in [6.07, 6.45) is 2.27. The van der Waals surface area contributed by atoms with Gasteiger partial charge in [-0.3, -0.25) is 9.36 Å². The number of alkyl halides is 1. The SMILES string of the molecule is C=Cc1c(NSN2CCC(F)C2)ccc(F)c1Oc1ccc2ncn(-c3ccc(N4CCN(C(=O)OC(C)(C)C)CC4)cc3)c(=O)c2c1. The average molecular weight is 677 g/mol. The Morgan fingerprint density at radius 2 is 1.77 bits per heavy atom. The molecule has 13 heteroatoms. The van der Waals surface area contributed by atoms with Gasteiger partial charge in [0.05, 0.1) is 22.3 Å². The summed E-state index contributed by atoms with van der Waals surface area (Å²) >= 11 is 1.25. The minimum absolute atomic E-state index is 0.0496. The van der Waals surface area contributed by atoms with Crippen LogP contribution in [0, 0.1) is 5.82 Å². The van der Waals surface area contributed by atoms with E-state index in [9.17, 15) is 14.0 Å². The van der Waals surface area contributed by atoms with Gasteiger partial charge in [0, 0.05) is 62.7 Å². The lowest BCUT2D eigenvalue weighted by Gasteiger charge is -2.36. The van der Waals surface area contributed by atoms with Crippen LogP contribution in [0.2, 0.25) is 0 Å². The number of carbonyl (C=O) groups excluding carboxylic acids is 1. The van der Waals surface area contributed by atoms with Crippen molar-refractivity contribution in [1.29, 1.82) is 0 Å². The molecule has 0 aliphatic carbocycles. The van der Waals surface area contributed by atoms with Crippen molar-refractivity contribution in [3.05, 3.63) is 89.2 Å². The number of amides is 1. The van der Waals surface area contributed by atoms with Crippen LogP contribution in [0.1, 0.15) is 32.8 Å². The highest BCUT2D eigenvalue weighted by atomic mass is 32.2. The molecule has 48 heavy (non-hydrogen) atoms. The summed E-state index contributed by atoms with van der Waals surface area (Å²) in [6, 6.07) is 15.3. The molecule has 1 unspecified atom stereocenters. The first kappa shape index (κ1) is 33.3. The highest BCUT2D eigenvalue weighted by Gasteiger charge is 2.26. The number of carbonyl (C=O) groups is 1. The van der Waals surface area contributed by atoms with Gasteiger partial charge in [-0.2, -0.15) is 0 Å². The Balaban J connectivity index is 1.18. The second kappa shape index (κ2) is 13.9. The lowest BCUT2D eigenvalue weighted by molar-refractivity contribution is 0.0240. The highest BCUT2D eigenvalue weighted by Crippen LogP contribution is 2.36. The summed E-state index contributed by atoms with van der Waals surface area (Å²) < 4.78 is 46.7. The minimum Gasteiger partial charge on any atom is -0.454 e. The first-order chi connectivity index (χ1) is 23.0. The molecule has 252 valence electrons. The zero-order chi connectivity index (χ0) is 34.0. The second-order valence-corrected chi connectivity index (χ2v) is 13.6. The Kier molecular flexibility index (Phi) is 9.61. The fourth-order valence-electron chi connectivity index (χ4n) is 5.62. The van der Waals surface area contributed by atoms with Gasteiger partial charge in [-0.15, -0.1) is 0 Å². The first-order valence-electron chi connectivity index (χ1n) is 15.8. The summed E-state index contributed by atoms with van der Waals surface area (Å²) in [5, 5.41) is 0.303. The van der Waals surface area contributed by atoms with E-state index >= 15 is 4.39 Å². The molecule has 2 saturated heterocycles. The topological polar surface area (TPSA) is 92.2 Å². The number of benzene rings is 3. The Hall–Kier alpha value is -4.62. The van der Waals surface area contributed by atoms with Gasteiger partial charge in [-0.05, 0) is 81.8 Å². The lowest BCUT2D eigenvalue weighted by atomic mass is 10.1. The normalized spacial score (nSPS) is 17.1. The molecule has 1 N–H and O–H groups in total. The van der Waals surface area contributed by atoms with Crippen LogP contribution in [0.25, 0.3) is 22.7 Å². The monoisotopic (exact) mass is 676 g/mol. The summed E-state index contributed by atoms with van der Waals surface area (Å²) in [5.41, 5.74) is 2.18. The quantitative estimate of drug-likeness (QED) is 0.198. The molecule has 0 saturated carbocycles. The Morgan fingerprint density at radius 1 is 1.04 bits per heavy atom. The summed E-state index contributed by atoms with van der Waals surface area (Å²) in [6.45, 7) is 12.7. The van der Waals surface area contributed by atoms with Crippen molar-refractivity contribution in [3.63, 3.8) is 0 Å². The van der Waals surface area contributed by atoms with Crippen molar-refractivity contribution in [1.82, 2.24) is 18.8 Å². The van der Waals surface area contributed by atoms with E-state index in [4.69, 9.17) is 9.47 Å². The van der Waals surface area contributed by atoms with Crippen molar-refractivity contribution in [2.24, 2.45) is 0 Å². The number of aromatic nitrogens is 2. The maximum absolute atomic E-state index is 15.1. The molecular weight excluding hydrogens is 638 g/mol. The van der Waals surface area contributed by atoms with E-state index in [1.165, 1.54) is 35.2 Å². The number of piperazine rings is 1. The van der Waals surface area contributed by atoms with Gasteiger partial charge in [0.2, 0.25) is 0 Å². The predicted octanol–water partition coefficient (Wildman–Crippen LogP) is 7.04. The zero-order valence-electron chi connectivity index (χ0n) is 27.1. The number of hydrogen-bond donors (Lipinski definition) is 1. The minimum atomic E-state index is -0.864. The van der Waals surface area contributed by atoms with E-state index in [2.05, 4.69) is 21.2 Å². The fraction of sp³-hybridized carbons (Fsp3) is 0.343. The van der Waals surface area contributed by atoms with Gasteiger partial charge in [0.1, 0.15) is 23.8 Å². The molecular formula is C35H38F2N6O4S. The van der Waals surface area contributed by atoms with Gasteiger partial charge >= 0.3 is 6.09 Å². The molecule has 2 aliphatic rings. The molecule has 2 fully saturated rings. The van der Waals surface area contributed by atoms with Crippen molar-refractivity contribution < 1.29 is 23.0 Å². The smallest absolute Gasteiger partial charge is 0.410 e. The van der Waals surface area contributed by atoms with Gasteiger partial charge in [-0.25, -0.2) is 22.9 Å². The van der Waals surface area contributed by atoms with Crippen molar-refractivity contribution >= 4 is 46.6 Å². The van der Waals surface area contributed by atoms with Crippen LogP contribution in [-0.2, 0) is 4.74 Å². The maximum Gasteiger partial charge on any atom is 0.410 e. The average Bonchev–Trinajstić information content (AvgIpc) is 3.49. The number of nitrogens with zero attached hydrogens (tertiary/aromatic N) is 5. The van der Waals surface area contributed by atoms with Gasteiger partial charge in [0.25, 0.3) is 5.56 Å². The van der Waals surface area contributed by atoms with Crippen LogP contribution < -0.4 is 19.9 Å². The summed E-state index contributed by atoms with van der Waals surface area (Å²) in [4.78, 5) is 34.5. The predicted molar refractivity (Wildman–Crippen MR) is 186 cm³/mol. The Bertz CT molecular complexity index is 1870. The number of ether oxygens (including phenoxy) is 2. The van der Waals surface area contributed by atoms with E-state index < -0.39 is 17.6 Å². The number of anilines is 2. The van der Waals surface area contributed by atoms with E-state index in [-0.39, 0.29) is 23.2 Å². The van der Waals surface area contributed by atoms with Crippen molar-refractivity contribution in [2.45, 2.75) is 39.0 Å². The standard InChI is InChI=1S/C35H38F2N6O4S/c1-5-27-31(39-48-42-15-14-23(36)21-42)13-11-29(37)32(27)46-26-10-12-30-28(20-26)33(44)43(22-38-30)25-8-6-24(7-9-25)40-16-18-41(19-17-40)34(45)47-35(2,3)4/h5-13,20,22-23,39H,1,14-19,21H2,2-4H3. The molecule has 2 aliphatic heterocycles. The number of hydrogen-bond acceptors (Lipinski definition) is 9. The van der Waals surface area contributed by atoms with E-state index in [1.54, 1.807) is 29.2 Å². The molecule has 1 amide bonds. The molecule has 6 rings (SSSR count). The van der Waals surface area contributed by atoms with Crippen LogP contribution in [0.4, 0.5) is 25.0 Å². The first-order valence-corrected chi connectivity index (χ1v) is 16.6. The molecule has 0 bridgehead atoms. The van der Waals surface area contributed by atoms with Crippen molar-refractivity contribution in [3.8, 4) is 17.2 Å². The van der Waals surface area contributed by atoms with Crippen LogP contribution in [0.3, 0.4) is 0 Å². The van der Waals surface area contributed by atoms with E-state index in [0.717, 1.165) is 5.69 Å². The molecule has 3 aromatic carbocycles. The summed E-state index contributed by atoms with van der Waals surface area (Å²) in [7, 11) is 0. The fourth-order valence-corrected chi connectivity index (χ4v) is 6.46. The van der Waals surface area contributed by atoms with Crippen LogP contribution in [-0.4, -0.2) is 75.9 Å². The molecule has 1 aromatic heterocycles. The van der Waals surface area contributed by atoms with Crippen LogP contribution in [0.5, 0.6) is 11.5 Å². The lowest BCUT2D eigenvalue weighted by Crippen LogP contribution is -2.50. The summed E-state index contributed by atoms with van der Waals surface area (Å²) in [5.74, 6) is -0.390. The highest BCUT2D eigenvalue weighted by molar-refractivity contribution is 7.98. The molecule has 1 atom stereocenters. The number of rotatable bonds is 8.